The summed E-state index contributed by atoms with van der Waals surface area (Å²) in [6.45, 7) is 0. The van der Waals surface area contributed by atoms with Crippen molar-refractivity contribution in [3.63, 3.8) is 0 Å². The second kappa shape index (κ2) is 6.34. The minimum Gasteiger partial charge on any atom is -0.0616 e. The molecule has 7 rings (SSSR count). The number of benzene rings is 4. The first kappa shape index (κ1) is 16.1. The minimum atomic E-state index is 0.699. The van der Waals surface area contributed by atoms with Gasteiger partial charge in [0.2, 0.25) is 0 Å². The lowest BCUT2D eigenvalue weighted by molar-refractivity contribution is 0.352. The summed E-state index contributed by atoms with van der Waals surface area (Å²) in [7, 11) is 0. The van der Waals surface area contributed by atoms with Gasteiger partial charge < -0.3 is 0 Å². The molecule has 3 aliphatic carbocycles. The molecule has 28 heavy (non-hydrogen) atoms. The van der Waals surface area contributed by atoms with Crippen molar-refractivity contribution >= 4 is 32.7 Å². The molecule has 136 valence electrons. The number of allylic oxidation sites excluding steroid dienone is 2. The van der Waals surface area contributed by atoms with Crippen LogP contribution in [0.4, 0.5) is 0 Å². The number of rotatable bonds is 2. The molecule has 1 fully saturated rings. The van der Waals surface area contributed by atoms with E-state index in [9.17, 15) is 0 Å². The van der Waals surface area contributed by atoms with Crippen LogP contribution in [0.5, 0.6) is 0 Å². The highest BCUT2D eigenvalue weighted by atomic mass is 14.4. The predicted octanol–water partition coefficient (Wildman–Crippen LogP) is 7.72. The topological polar surface area (TPSA) is 0 Å². The van der Waals surface area contributed by atoms with E-state index in [4.69, 9.17) is 0 Å². The average Bonchev–Trinajstić information content (AvgIpc) is 2.78. The number of hydrogen-bond acceptors (Lipinski definition) is 0. The van der Waals surface area contributed by atoms with Crippen LogP contribution < -0.4 is 0 Å². The van der Waals surface area contributed by atoms with Gasteiger partial charge in [-0.25, -0.2) is 0 Å². The smallest absolute Gasteiger partial charge is 0.0108 e. The predicted molar refractivity (Wildman–Crippen MR) is 120 cm³/mol. The molecule has 0 saturated heterocycles. The normalized spacial score (nSPS) is 21.6. The highest BCUT2D eigenvalue weighted by Crippen LogP contribution is 2.54. The molecule has 0 spiro atoms. The van der Waals surface area contributed by atoms with Crippen LogP contribution in [0, 0.1) is 11.8 Å². The Hall–Kier alpha value is -2.86. The van der Waals surface area contributed by atoms with Gasteiger partial charge in [0.05, 0.1) is 0 Å². The molecule has 0 aromatic heterocycles. The molecule has 0 unspecified atom stereocenters. The molecule has 4 aromatic carbocycles. The second-order valence-electron chi connectivity index (χ2n) is 8.43. The van der Waals surface area contributed by atoms with Gasteiger partial charge in [-0.2, -0.15) is 0 Å². The lowest BCUT2D eigenvalue weighted by Gasteiger charge is -2.41. The molecule has 0 atom stereocenters. The zero-order valence-corrected chi connectivity index (χ0v) is 16.1. The molecular weight excluding hydrogens is 336 g/mol. The summed E-state index contributed by atoms with van der Waals surface area (Å²) in [6, 6.07) is 31.5. The first-order valence-electron chi connectivity index (χ1n) is 10.6. The van der Waals surface area contributed by atoms with E-state index in [1.807, 2.05) is 0 Å². The van der Waals surface area contributed by atoms with Gasteiger partial charge in [0.15, 0.2) is 0 Å². The molecule has 0 amide bonds. The molecular formula is C28H24. The van der Waals surface area contributed by atoms with Crippen LogP contribution in [-0.4, -0.2) is 0 Å². The maximum absolute atomic E-state index is 2.36. The Morgan fingerprint density at radius 3 is 1.29 bits per heavy atom. The molecule has 0 nitrogen and oxygen atoms in total. The van der Waals surface area contributed by atoms with E-state index in [0.717, 1.165) is 0 Å². The van der Waals surface area contributed by atoms with Crippen LogP contribution >= 0.6 is 0 Å². The largest absolute Gasteiger partial charge is 0.0616 e. The van der Waals surface area contributed by atoms with Crippen LogP contribution in [0.1, 0.15) is 36.8 Å². The van der Waals surface area contributed by atoms with Crippen LogP contribution in [0.3, 0.4) is 0 Å². The van der Waals surface area contributed by atoms with Crippen molar-refractivity contribution in [3.8, 4) is 0 Å². The van der Waals surface area contributed by atoms with Crippen molar-refractivity contribution in [3.05, 3.63) is 96.1 Å². The zero-order valence-electron chi connectivity index (χ0n) is 16.1. The van der Waals surface area contributed by atoms with E-state index in [1.165, 1.54) is 58.4 Å². The Morgan fingerprint density at radius 1 is 0.429 bits per heavy atom. The van der Waals surface area contributed by atoms with E-state index in [2.05, 4.69) is 84.9 Å². The molecule has 4 aromatic rings. The van der Waals surface area contributed by atoms with Crippen LogP contribution in [-0.2, 0) is 0 Å². The second-order valence-corrected chi connectivity index (χ2v) is 8.43. The monoisotopic (exact) mass is 360 g/mol. The van der Waals surface area contributed by atoms with Gasteiger partial charge in [0, 0.05) is 0 Å². The SMILES string of the molecule is c1ccc2c(C3=C(c4cccc5ccccc45)C4CCC3CC4)cccc2c1. The number of hydrogen-bond donors (Lipinski definition) is 0. The third-order valence-electron chi connectivity index (χ3n) is 6.99. The maximum atomic E-state index is 2.36. The van der Waals surface area contributed by atoms with E-state index in [1.54, 1.807) is 11.1 Å². The fraction of sp³-hybridized carbons (Fsp3) is 0.214. The molecule has 0 N–H and O–H groups in total. The Labute approximate surface area is 166 Å². The van der Waals surface area contributed by atoms with Crippen LogP contribution in [0.25, 0.3) is 32.7 Å². The number of fused-ring (bicyclic) bond motifs is 4. The highest BCUT2D eigenvalue weighted by Gasteiger charge is 2.37. The van der Waals surface area contributed by atoms with Gasteiger partial charge in [0.1, 0.15) is 0 Å². The van der Waals surface area contributed by atoms with Gasteiger partial charge >= 0.3 is 0 Å². The summed E-state index contributed by atoms with van der Waals surface area (Å²) in [6.07, 6.45) is 5.38. The summed E-state index contributed by atoms with van der Waals surface area (Å²) in [5, 5.41) is 5.52. The summed E-state index contributed by atoms with van der Waals surface area (Å²) in [5.74, 6) is 1.40. The van der Waals surface area contributed by atoms with Crippen LogP contribution in [0.15, 0.2) is 84.9 Å². The summed E-state index contributed by atoms with van der Waals surface area (Å²) in [4.78, 5) is 0. The van der Waals surface area contributed by atoms with Crippen molar-refractivity contribution in [1.82, 2.24) is 0 Å². The van der Waals surface area contributed by atoms with E-state index in [-0.39, 0.29) is 0 Å². The lowest BCUT2D eigenvalue weighted by Crippen LogP contribution is -2.25. The molecule has 1 saturated carbocycles. The first-order valence-corrected chi connectivity index (χ1v) is 10.6. The highest BCUT2D eigenvalue weighted by molar-refractivity contribution is 6.07. The standard InChI is InChI=1S/C28H24/c1-3-11-23-19(7-1)9-5-13-25(23)27-21-15-17-22(18-16-21)28(27)26-14-6-10-20-8-2-4-12-24(20)26/h1-14,21-22H,15-18H2. The molecule has 0 radical (unpaired) electrons. The van der Waals surface area contributed by atoms with Crippen molar-refractivity contribution in [1.29, 1.82) is 0 Å². The fourth-order valence-corrected chi connectivity index (χ4v) is 5.76. The molecule has 0 heteroatoms. The first-order chi connectivity index (χ1) is 13.9. The summed E-state index contributed by atoms with van der Waals surface area (Å²) < 4.78 is 0. The van der Waals surface area contributed by atoms with E-state index in [0.29, 0.717) is 11.8 Å². The molecule has 2 bridgehead atoms. The Bertz CT molecular complexity index is 1110. The quantitative estimate of drug-likeness (QED) is 0.343. The summed E-state index contributed by atoms with van der Waals surface area (Å²) in [5.41, 5.74) is 6.21. The van der Waals surface area contributed by atoms with Crippen molar-refractivity contribution in [2.75, 3.05) is 0 Å². The Kier molecular flexibility index (Phi) is 3.65. The zero-order chi connectivity index (χ0) is 18.5. The van der Waals surface area contributed by atoms with Crippen molar-refractivity contribution < 1.29 is 0 Å². The lowest BCUT2D eigenvalue weighted by atomic mass is 9.63. The van der Waals surface area contributed by atoms with E-state index >= 15 is 0 Å². The average molecular weight is 361 g/mol. The Balaban J connectivity index is 1.71. The van der Waals surface area contributed by atoms with Gasteiger partial charge in [-0.1, -0.05) is 84.9 Å². The van der Waals surface area contributed by atoms with Gasteiger partial charge in [-0.15, -0.1) is 0 Å². The third kappa shape index (κ3) is 2.37. The van der Waals surface area contributed by atoms with Crippen molar-refractivity contribution in [2.45, 2.75) is 25.7 Å². The summed E-state index contributed by atoms with van der Waals surface area (Å²) >= 11 is 0. The fourth-order valence-electron chi connectivity index (χ4n) is 5.76. The molecule has 0 heterocycles. The van der Waals surface area contributed by atoms with Gasteiger partial charge in [-0.05, 0) is 81.3 Å². The van der Waals surface area contributed by atoms with Crippen LogP contribution in [0.2, 0.25) is 0 Å². The minimum absolute atomic E-state index is 0.699. The van der Waals surface area contributed by atoms with E-state index < -0.39 is 0 Å². The van der Waals surface area contributed by atoms with Crippen molar-refractivity contribution in [2.24, 2.45) is 11.8 Å². The maximum Gasteiger partial charge on any atom is -0.0108 e. The molecule has 0 aliphatic heterocycles. The Morgan fingerprint density at radius 2 is 0.821 bits per heavy atom. The molecule has 3 aliphatic rings. The van der Waals surface area contributed by atoms with Gasteiger partial charge in [0.25, 0.3) is 0 Å². The van der Waals surface area contributed by atoms with Gasteiger partial charge in [-0.3, -0.25) is 0 Å². The third-order valence-corrected chi connectivity index (χ3v) is 6.99.